The van der Waals surface area contributed by atoms with Crippen molar-refractivity contribution in [1.29, 1.82) is 0 Å². The Kier molecular flexibility index (Phi) is 0.571. The highest BCUT2D eigenvalue weighted by atomic mass is 15.3. The predicted octanol–water partition coefficient (Wildman–Crippen LogP) is 0.211. The van der Waals surface area contributed by atoms with Crippen LogP contribution in [0.3, 0.4) is 0 Å². The van der Waals surface area contributed by atoms with Gasteiger partial charge in [0.15, 0.2) is 0 Å². The van der Waals surface area contributed by atoms with E-state index in [0.717, 1.165) is 13.0 Å². The Morgan fingerprint density at radius 2 is 3.00 bits per heavy atom. The molecule has 1 rings (SSSR count). The van der Waals surface area contributed by atoms with Crippen LogP contribution in [0.25, 0.3) is 0 Å². The molecule has 2 nitrogen and oxygen atoms in total. The molecule has 0 fully saturated rings. The van der Waals surface area contributed by atoms with E-state index in [0.29, 0.717) is 0 Å². The Balaban J connectivity index is 0.000000250. The summed E-state index contributed by atoms with van der Waals surface area (Å²) in [4.78, 5) is 0. The molecule has 30 valence electrons. The number of hydrogen-bond acceptors (Lipinski definition) is 2. The summed E-state index contributed by atoms with van der Waals surface area (Å²) in [7, 11) is 0. The molecule has 1 heterocycles. The van der Waals surface area contributed by atoms with Crippen LogP contribution in [0.2, 0.25) is 0 Å². The predicted molar refractivity (Wildman–Crippen MR) is 23.2 cm³/mol. The van der Waals surface area contributed by atoms with Gasteiger partial charge in [0.2, 0.25) is 0 Å². The second-order valence-electron chi connectivity index (χ2n) is 1.01. The van der Waals surface area contributed by atoms with Gasteiger partial charge in [0.25, 0.3) is 0 Å². The second-order valence-corrected chi connectivity index (χ2v) is 1.01. The average Bonchev–Trinajstić information content (AvgIpc) is 1.76. The molecule has 0 atom stereocenters. The Morgan fingerprint density at radius 3 is 3.20 bits per heavy atom. The summed E-state index contributed by atoms with van der Waals surface area (Å²) in [6.45, 7) is 1.03. The van der Waals surface area contributed by atoms with Gasteiger partial charge in [-0.1, -0.05) is 0 Å². The number of rotatable bonds is 0. The maximum atomic E-state index is 3.71. The summed E-state index contributed by atoms with van der Waals surface area (Å²) in [5, 5.41) is 3.71. The first-order valence-corrected chi connectivity index (χ1v) is 1.74. The van der Waals surface area contributed by atoms with E-state index in [4.69, 9.17) is 0 Å². The molecule has 0 radical (unpaired) electrons. The largest absolute Gasteiger partial charge is 0.310 e. The van der Waals surface area contributed by atoms with Gasteiger partial charge in [0, 0.05) is 20.6 Å². The second kappa shape index (κ2) is 1.06. The third-order valence-corrected chi connectivity index (χ3v) is 0.568. The lowest BCUT2D eigenvalue weighted by atomic mass is 10.5. The third kappa shape index (κ3) is 0.375. The first-order chi connectivity index (χ1) is 2.50. The lowest BCUT2D eigenvalue weighted by molar-refractivity contribution is 0.813. The molecule has 1 aliphatic heterocycles. The summed E-state index contributed by atoms with van der Waals surface area (Å²) in [5.74, 6) is 0. The summed E-state index contributed by atoms with van der Waals surface area (Å²) >= 11 is 0. The fourth-order valence-electron chi connectivity index (χ4n) is 0.323. The molecule has 0 aliphatic carbocycles. The lowest BCUT2D eigenvalue weighted by Crippen LogP contribution is -1.96. The molecular weight excluding hydrogens is 64.0 g/mol. The van der Waals surface area contributed by atoms with Gasteiger partial charge < -0.3 is 5.43 Å². The number of hydrogen-bond donors (Lipinski definition) is 1. The molecule has 0 aromatic heterocycles. The van der Waals surface area contributed by atoms with Crippen LogP contribution in [0.5, 0.6) is 0 Å². The molecule has 0 amide bonds. The zero-order chi connectivity index (χ0) is 3.54. The summed E-state index contributed by atoms with van der Waals surface area (Å²) in [6.07, 6.45) is 2.97. The van der Waals surface area contributed by atoms with Crippen molar-refractivity contribution in [2.24, 2.45) is 5.10 Å². The van der Waals surface area contributed by atoms with Crippen molar-refractivity contribution in [3.8, 4) is 0 Å². The molecule has 0 aromatic rings. The molecule has 5 heavy (non-hydrogen) atoms. The molecule has 0 unspecified atom stereocenters. The van der Waals surface area contributed by atoms with Crippen LogP contribution in [0.4, 0.5) is 0 Å². The minimum atomic E-state index is 0. The molecule has 2 heteroatoms. The minimum Gasteiger partial charge on any atom is -0.310 e. The number of hydrazone groups is 1. The molecule has 1 N–H and O–H groups in total. The van der Waals surface area contributed by atoms with E-state index in [1.54, 1.807) is 0 Å². The van der Waals surface area contributed by atoms with Crippen molar-refractivity contribution < 1.29 is 1.43 Å². The minimum absolute atomic E-state index is 0. The van der Waals surface area contributed by atoms with E-state index >= 15 is 0 Å². The fourth-order valence-corrected chi connectivity index (χ4v) is 0.323. The lowest BCUT2D eigenvalue weighted by Gasteiger charge is -1.76. The third-order valence-electron chi connectivity index (χ3n) is 0.568. The summed E-state index contributed by atoms with van der Waals surface area (Å²) in [5.41, 5.74) is 2.79. The van der Waals surface area contributed by atoms with Crippen molar-refractivity contribution in [1.82, 2.24) is 5.43 Å². The van der Waals surface area contributed by atoms with E-state index < -0.39 is 0 Å². The van der Waals surface area contributed by atoms with E-state index in [1.807, 2.05) is 6.21 Å². The van der Waals surface area contributed by atoms with Gasteiger partial charge in [-0.25, -0.2) is 0 Å². The molecule has 1 aliphatic rings. The standard InChI is InChI=1S/C3H6N2.H2/c1-2-4-5-3-1;/h2,5H,1,3H2;1H. The zero-order valence-electron chi connectivity index (χ0n) is 2.94. The zero-order valence-corrected chi connectivity index (χ0v) is 2.94. The van der Waals surface area contributed by atoms with Crippen molar-refractivity contribution in [3.63, 3.8) is 0 Å². The van der Waals surface area contributed by atoms with Gasteiger partial charge in [-0.2, -0.15) is 5.10 Å². The van der Waals surface area contributed by atoms with Crippen LogP contribution >= 0.6 is 0 Å². The molecule has 0 saturated carbocycles. The van der Waals surface area contributed by atoms with Crippen molar-refractivity contribution in [2.75, 3.05) is 6.54 Å². The van der Waals surface area contributed by atoms with Gasteiger partial charge in [-0.15, -0.1) is 0 Å². The first kappa shape index (κ1) is 2.69. The SMILES string of the molecule is C1=NNCC1.[HH]. The summed E-state index contributed by atoms with van der Waals surface area (Å²) in [6, 6.07) is 0. The van der Waals surface area contributed by atoms with Crippen LogP contribution in [-0.4, -0.2) is 12.8 Å². The summed E-state index contributed by atoms with van der Waals surface area (Å²) < 4.78 is 0. The highest BCUT2D eigenvalue weighted by Gasteiger charge is 1.83. The molecule has 0 spiro atoms. The van der Waals surface area contributed by atoms with Crippen molar-refractivity contribution in [3.05, 3.63) is 0 Å². The van der Waals surface area contributed by atoms with E-state index in [-0.39, 0.29) is 1.43 Å². The van der Waals surface area contributed by atoms with Crippen LogP contribution in [0.1, 0.15) is 7.85 Å². The maximum Gasteiger partial charge on any atom is 0.0379 e. The smallest absolute Gasteiger partial charge is 0.0379 e. The molecule has 0 bridgehead atoms. The molecular formula is C3H8N2. The topological polar surface area (TPSA) is 24.4 Å². The van der Waals surface area contributed by atoms with Crippen LogP contribution in [0.15, 0.2) is 5.10 Å². The van der Waals surface area contributed by atoms with Gasteiger partial charge in [0.05, 0.1) is 0 Å². The Hall–Kier alpha value is -0.530. The van der Waals surface area contributed by atoms with E-state index in [9.17, 15) is 0 Å². The molecule has 0 aromatic carbocycles. The Morgan fingerprint density at radius 1 is 2.00 bits per heavy atom. The van der Waals surface area contributed by atoms with E-state index in [2.05, 4.69) is 10.5 Å². The maximum absolute atomic E-state index is 3.71. The average molecular weight is 72.1 g/mol. The van der Waals surface area contributed by atoms with Gasteiger partial charge in [0.1, 0.15) is 0 Å². The highest BCUT2D eigenvalue weighted by Crippen LogP contribution is 1.75. The van der Waals surface area contributed by atoms with Gasteiger partial charge in [-0.3, -0.25) is 0 Å². The van der Waals surface area contributed by atoms with Crippen molar-refractivity contribution >= 4 is 6.21 Å². The Bertz CT molecular complexity index is 46.8. The first-order valence-electron chi connectivity index (χ1n) is 1.74. The number of nitrogens with zero attached hydrogens (tertiary/aromatic N) is 1. The van der Waals surface area contributed by atoms with Crippen LogP contribution in [0, 0.1) is 0 Å². The van der Waals surface area contributed by atoms with Crippen molar-refractivity contribution in [2.45, 2.75) is 6.42 Å². The van der Waals surface area contributed by atoms with Gasteiger partial charge >= 0.3 is 0 Å². The molecule has 0 saturated heterocycles. The normalized spacial score (nSPS) is 19.2. The number of nitrogens with one attached hydrogen (secondary N) is 1. The van der Waals surface area contributed by atoms with E-state index in [1.165, 1.54) is 0 Å². The van der Waals surface area contributed by atoms with Crippen LogP contribution in [-0.2, 0) is 0 Å². The quantitative estimate of drug-likeness (QED) is 0.434. The highest BCUT2D eigenvalue weighted by molar-refractivity contribution is 5.58. The van der Waals surface area contributed by atoms with Crippen LogP contribution < -0.4 is 5.43 Å². The fraction of sp³-hybridized carbons (Fsp3) is 0.667. The van der Waals surface area contributed by atoms with Gasteiger partial charge in [-0.05, 0) is 0 Å². The monoisotopic (exact) mass is 72.1 g/mol. The Labute approximate surface area is 32.4 Å².